The first-order valence-corrected chi connectivity index (χ1v) is 7.34. The van der Waals surface area contributed by atoms with Gasteiger partial charge >= 0.3 is 0 Å². The van der Waals surface area contributed by atoms with E-state index in [0.29, 0.717) is 12.8 Å². The highest BCUT2D eigenvalue weighted by molar-refractivity contribution is 5.97. The van der Waals surface area contributed by atoms with Crippen molar-refractivity contribution >= 4 is 17.3 Å². The van der Waals surface area contributed by atoms with Gasteiger partial charge in [0.25, 0.3) is 5.69 Å². The summed E-state index contributed by atoms with van der Waals surface area (Å²) < 4.78 is 0. The van der Waals surface area contributed by atoms with Gasteiger partial charge in [0.15, 0.2) is 0 Å². The van der Waals surface area contributed by atoms with Crippen LogP contribution in [0.1, 0.15) is 24.8 Å². The molecule has 2 heterocycles. The lowest BCUT2D eigenvalue weighted by Gasteiger charge is -2.40. The molecule has 1 saturated heterocycles. The number of rotatable bonds is 2. The van der Waals surface area contributed by atoms with Crippen molar-refractivity contribution in [1.82, 2.24) is 4.90 Å². The third-order valence-corrected chi connectivity index (χ3v) is 4.46. The fraction of sp³-hybridized carbons (Fsp3) is 0.533. The lowest BCUT2D eigenvalue weighted by atomic mass is 9.95. The molecule has 6 nitrogen and oxygen atoms in total. The maximum Gasteiger partial charge on any atom is 0.269 e. The summed E-state index contributed by atoms with van der Waals surface area (Å²) in [5.41, 5.74) is 1.89. The summed E-state index contributed by atoms with van der Waals surface area (Å²) in [4.78, 5) is 27.0. The van der Waals surface area contributed by atoms with Crippen LogP contribution < -0.4 is 4.90 Å². The Balaban J connectivity index is 1.92. The minimum atomic E-state index is -0.378. The SMILES string of the molecule is CN1CCC(N2C(=O)CCc3cc([N+](=O)[O-])ccc32)CC1. The molecule has 1 aromatic rings. The number of nitrogens with zero attached hydrogens (tertiary/aromatic N) is 3. The van der Waals surface area contributed by atoms with Gasteiger partial charge in [-0.1, -0.05) is 0 Å². The summed E-state index contributed by atoms with van der Waals surface area (Å²) in [5, 5.41) is 10.9. The number of aryl methyl sites for hydroxylation is 1. The molecule has 0 unspecified atom stereocenters. The molecule has 1 amide bonds. The van der Waals surface area contributed by atoms with Gasteiger partial charge in [0.05, 0.1) is 4.92 Å². The first kappa shape index (κ1) is 14.0. The Labute approximate surface area is 123 Å². The van der Waals surface area contributed by atoms with Gasteiger partial charge in [-0.25, -0.2) is 0 Å². The normalized spacial score (nSPS) is 20.4. The van der Waals surface area contributed by atoms with Crippen LogP contribution in [0.15, 0.2) is 18.2 Å². The summed E-state index contributed by atoms with van der Waals surface area (Å²) in [5.74, 6) is 0.144. The molecule has 2 aliphatic rings. The maximum absolute atomic E-state index is 12.3. The topological polar surface area (TPSA) is 66.7 Å². The van der Waals surface area contributed by atoms with Crippen molar-refractivity contribution in [2.75, 3.05) is 25.0 Å². The number of nitro benzene ring substituents is 1. The van der Waals surface area contributed by atoms with E-state index in [4.69, 9.17) is 0 Å². The molecule has 1 fully saturated rings. The van der Waals surface area contributed by atoms with Crippen LogP contribution in [0.4, 0.5) is 11.4 Å². The Morgan fingerprint density at radius 2 is 1.95 bits per heavy atom. The molecule has 0 radical (unpaired) electrons. The summed E-state index contributed by atoms with van der Waals surface area (Å²) in [7, 11) is 2.09. The quantitative estimate of drug-likeness (QED) is 0.616. The molecule has 6 heteroatoms. The number of carbonyl (C=O) groups is 1. The summed E-state index contributed by atoms with van der Waals surface area (Å²) in [6, 6.07) is 5.07. The van der Waals surface area contributed by atoms with Crippen LogP contribution in [0, 0.1) is 10.1 Å². The molecule has 3 rings (SSSR count). The van der Waals surface area contributed by atoms with E-state index >= 15 is 0 Å². The zero-order valence-electron chi connectivity index (χ0n) is 12.1. The lowest BCUT2D eigenvalue weighted by Crippen LogP contribution is -2.48. The van der Waals surface area contributed by atoms with Crippen LogP contribution in [-0.2, 0) is 11.2 Å². The Morgan fingerprint density at radius 3 is 2.62 bits per heavy atom. The second-order valence-electron chi connectivity index (χ2n) is 5.87. The van der Waals surface area contributed by atoms with Crippen LogP contribution in [0.3, 0.4) is 0 Å². The monoisotopic (exact) mass is 289 g/mol. The highest BCUT2D eigenvalue weighted by atomic mass is 16.6. The average molecular weight is 289 g/mol. The molecule has 0 saturated carbocycles. The number of hydrogen-bond acceptors (Lipinski definition) is 4. The van der Waals surface area contributed by atoms with Gasteiger partial charge in [-0.15, -0.1) is 0 Å². The second kappa shape index (κ2) is 5.44. The van der Waals surface area contributed by atoms with Gasteiger partial charge in [0.1, 0.15) is 0 Å². The van der Waals surface area contributed by atoms with Gasteiger partial charge in [0.2, 0.25) is 5.91 Å². The van der Waals surface area contributed by atoms with Crippen molar-refractivity contribution in [3.8, 4) is 0 Å². The second-order valence-corrected chi connectivity index (χ2v) is 5.87. The minimum Gasteiger partial charge on any atom is -0.309 e. The number of hydrogen-bond donors (Lipinski definition) is 0. The predicted octanol–water partition coefficient (Wildman–Crippen LogP) is 1.97. The molecule has 0 aliphatic carbocycles. The number of nitro groups is 1. The van der Waals surface area contributed by atoms with Gasteiger partial charge in [0, 0.05) is 30.3 Å². The molecule has 0 spiro atoms. The highest BCUT2D eigenvalue weighted by Crippen LogP contribution is 2.34. The molecule has 0 bridgehead atoms. The third-order valence-electron chi connectivity index (χ3n) is 4.46. The first-order valence-electron chi connectivity index (χ1n) is 7.34. The van der Waals surface area contributed by atoms with E-state index in [1.807, 2.05) is 4.90 Å². The van der Waals surface area contributed by atoms with Crippen LogP contribution in [0.25, 0.3) is 0 Å². The maximum atomic E-state index is 12.3. The fourth-order valence-corrected chi connectivity index (χ4v) is 3.27. The van der Waals surface area contributed by atoms with Crippen LogP contribution in [0.5, 0.6) is 0 Å². The van der Waals surface area contributed by atoms with Crippen molar-refractivity contribution in [3.63, 3.8) is 0 Å². The fourth-order valence-electron chi connectivity index (χ4n) is 3.27. The van der Waals surface area contributed by atoms with E-state index < -0.39 is 0 Å². The number of fused-ring (bicyclic) bond motifs is 1. The van der Waals surface area contributed by atoms with Crippen molar-refractivity contribution in [2.24, 2.45) is 0 Å². The first-order chi connectivity index (χ1) is 10.1. The largest absolute Gasteiger partial charge is 0.309 e. The Hall–Kier alpha value is -1.95. The van der Waals surface area contributed by atoms with Crippen molar-refractivity contribution < 1.29 is 9.72 Å². The third kappa shape index (κ3) is 2.63. The van der Waals surface area contributed by atoms with E-state index in [1.54, 1.807) is 12.1 Å². The number of piperidine rings is 1. The molecule has 2 aliphatic heterocycles. The number of carbonyl (C=O) groups excluding carboxylic acids is 1. The van der Waals surface area contributed by atoms with E-state index in [-0.39, 0.29) is 22.6 Å². The molecular weight excluding hydrogens is 270 g/mol. The molecule has 1 aromatic carbocycles. The van der Waals surface area contributed by atoms with Crippen LogP contribution in [-0.4, -0.2) is 41.9 Å². The minimum absolute atomic E-state index is 0.103. The summed E-state index contributed by atoms with van der Waals surface area (Å²) in [6.07, 6.45) is 2.96. The Kier molecular flexibility index (Phi) is 3.63. The molecule has 0 N–H and O–H groups in total. The molecule has 0 atom stereocenters. The number of non-ortho nitro benzene ring substituents is 1. The molecule has 0 aromatic heterocycles. The smallest absolute Gasteiger partial charge is 0.269 e. The van der Waals surface area contributed by atoms with E-state index in [9.17, 15) is 14.9 Å². The number of likely N-dealkylation sites (tertiary alicyclic amines) is 1. The zero-order chi connectivity index (χ0) is 15.0. The van der Waals surface area contributed by atoms with E-state index in [1.165, 1.54) is 6.07 Å². The number of benzene rings is 1. The summed E-state index contributed by atoms with van der Waals surface area (Å²) >= 11 is 0. The highest BCUT2D eigenvalue weighted by Gasteiger charge is 2.32. The molecule has 21 heavy (non-hydrogen) atoms. The zero-order valence-corrected chi connectivity index (χ0v) is 12.1. The van der Waals surface area contributed by atoms with Gasteiger partial charge < -0.3 is 9.80 Å². The standard InChI is InChI=1S/C15H19N3O3/c1-16-8-6-12(7-9-16)17-14-4-3-13(18(20)21)10-11(14)2-5-15(17)19/h3-4,10,12H,2,5-9H2,1H3. The predicted molar refractivity (Wildman–Crippen MR) is 79.4 cm³/mol. The molecular formula is C15H19N3O3. The van der Waals surface area contributed by atoms with Crippen LogP contribution >= 0.6 is 0 Å². The van der Waals surface area contributed by atoms with E-state index in [2.05, 4.69) is 11.9 Å². The molecule has 112 valence electrons. The van der Waals surface area contributed by atoms with Gasteiger partial charge in [-0.3, -0.25) is 14.9 Å². The van der Waals surface area contributed by atoms with Crippen molar-refractivity contribution in [3.05, 3.63) is 33.9 Å². The van der Waals surface area contributed by atoms with Crippen molar-refractivity contribution in [2.45, 2.75) is 31.7 Å². The van der Waals surface area contributed by atoms with Crippen LogP contribution in [0.2, 0.25) is 0 Å². The van der Waals surface area contributed by atoms with Crippen molar-refractivity contribution in [1.29, 1.82) is 0 Å². The van der Waals surface area contributed by atoms with E-state index in [0.717, 1.165) is 37.2 Å². The summed E-state index contributed by atoms with van der Waals surface area (Å²) in [6.45, 7) is 1.97. The Morgan fingerprint density at radius 1 is 1.24 bits per heavy atom. The number of anilines is 1. The number of amides is 1. The lowest BCUT2D eigenvalue weighted by molar-refractivity contribution is -0.384. The Bertz CT molecular complexity index is 580. The van der Waals surface area contributed by atoms with Gasteiger partial charge in [-0.2, -0.15) is 0 Å². The average Bonchev–Trinajstić information content (AvgIpc) is 2.48. The van der Waals surface area contributed by atoms with Gasteiger partial charge in [-0.05, 0) is 51.0 Å².